The summed E-state index contributed by atoms with van der Waals surface area (Å²) in [7, 11) is 0. The van der Waals surface area contributed by atoms with E-state index in [1.54, 1.807) is 11.8 Å². The van der Waals surface area contributed by atoms with Gasteiger partial charge in [-0.2, -0.15) is 11.8 Å². The van der Waals surface area contributed by atoms with Gasteiger partial charge in [-0.15, -0.1) is 0 Å². The molecule has 4 heteroatoms. The summed E-state index contributed by atoms with van der Waals surface area (Å²) in [5.74, 6) is 2.11. The SMILES string of the molecule is CCSCCN1C(=O)C[C@@](C)(C(C)C)C1=O. The van der Waals surface area contributed by atoms with Crippen LogP contribution in [0.25, 0.3) is 0 Å². The van der Waals surface area contributed by atoms with E-state index in [-0.39, 0.29) is 17.7 Å². The molecule has 0 aromatic rings. The Balaban J connectivity index is 2.68. The van der Waals surface area contributed by atoms with Gasteiger partial charge in [0.1, 0.15) is 0 Å². The van der Waals surface area contributed by atoms with Crippen LogP contribution in [0.15, 0.2) is 0 Å². The van der Waals surface area contributed by atoms with E-state index >= 15 is 0 Å². The van der Waals surface area contributed by atoms with Gasteiger partial charge in [-0.25, -0.2) is 0 Å². The number of amides is 2. The first kappa shape index (κ1) is 13.6. The molecule has 16 heavy (non-hydrogen) atoms. The lowest BCUT2D eigenvalue weighted by atomic mass is 9.78. The van der Waals surface area contributed by atoms with Crippen LogP contribution in [0.5, 0.6) is 0 Å². The molecule has 3 nitrogen and oxygen atoms in total. The van der Waals surface area contributed by atoms with Crippen LogP contribution >= 0.6 is 11.8 Å². The van der Waals surface area contributed by atoms with Crippen molar-refractivity contribution in [2.24, 2.45) is 11.3 Å². The minimum Gasteiger partial charge on any atom is -0.281 e. The van der Waals surface area contributed by atoms with Gasteiger partial charge in [0.25, 0.3) is 0 Å². The van der Waals surface area contributed by atoms with Crippen molar-refractivity contribution in [3.05, 3.63) is 0 Å². The summed E-state index contributed by atoms with van der Waals surface area (Å²) in [6, 6.07) is 0. The molecule has 0 spiro atoms. The van der Waals surface area contributed by atoms with E-state index in [0.29, 0.717) is 13.0 Å². The highest BCUT2D eigenvalue weighted by Gasteiger charge is 2.49. The van der Waals surface area contributed by atoms with E-state index in [9.17, 15) is 9.59 Å². The van der Waals surface area contributed by atoms with E-state index in [2.05, 4.69) is 6.92 Å². The third-order valence-electron chi connectivity index (χ3n) is 3.49. The maximum atomic E-state index is 12.2. The van der Waals surface area contributed by atoms with Crippen molar-refractivity contribution < 1.29 is 9.59 Å². The number of hydrogen-bond donors (Lipinski definition) is 0. The molecule has 0 radical (unpaired) electrons. The lowest BCUT2D eigenvalue weighted by molar-refractivity contribution is -0.141. The van der Waals surface area contributed by atoms with Gasteiger partial charge in [0, 0.05) is 18.7 Å². The van der Waals surface area contributed by atoms with Crippen molar-refractivity contribution in [3.63, 3.8) is 0 Å². The zero-order valence-electron chi connectivity index (χ0n) is 10.6. The summed E-state index contributed by atoms with van der Waals surface area (Å²) in [6.07, 6.45) is 0.375. The summed E-state index contributed by atoms with van der Waals surface area (Å²) in [5.41, 5.74) is -0.478. The first-order valence-corrected chi connectivity index (χ1v) is 7.01. The molecular weight excluding hydrogens is 222 g/mol. The van der Waals surface area contributed by atoms with Crippen LogP contribution in [0.1, 0.15) is 34.1 Å². The number of carbonyl (C=O) groups excluding carboxylic acids is 2. The van der Waals surface area contributed by atoms with Crippen LogP contribution < -0.4 is 0 Å². The van der Waals surface area contributed by atoms with E-state index in [0.717, 1.165) is 11.5 Å². The first-order valence-electron chi connectivity index (χ1n) is 5.86. The maximum absolute atomic E-state index is 12.2. The Hall–Kier alpha value is -0.510. The molecule has 1 fully saturated rings. The fourth-order valence-corrected chi connectivity index (χ4v) is 2.48. The number of likely N-dealkylation sites (tertiary alicyclic amines) is 1. The van der Waals surface area contributed by atoms with Crippen LogP contribution in [0.2, 0.25) is 0 Å². The molecule has 0 bridgehead atoms. The quantitative estimate of drug-likeness (QED) is 0.548. The summed E-state index contributed by atoms with van der Waals surface area (Å²) in [5, 5.41) is 0. The Labute approximate surface area is 102 Å². The van der Waals surface area contributed by atoms with Crippen molar-refractivity contribution >= 4 is 23.6 Å². The molecule has 2 amide bonds. The first-order chi connectivity index (χ1) is 7.43. The number of imide groups is 1. The monoisotopic (exact) mass is 243 g/mol. The maximum Gasteiger partial charge on any atom is 0.235 e. The lowest BCUT2D eigenvalue weighted by Crippen LogP contribution is -2.38. The lowest BCUT2D eigenvalue weighted by Gasteiger charge is -2.25. The van der Waals surface area contributed by atoms with Gasteiger partial charge in [0.2, 0.25) is 11.8 Å². The molecule has 0 N–H and O–H groups in total. The average Bonchev–Trinajstić information content (AvgIpc) is 2.43. The highest BCUT2D eigenvalue weighted by atomic mass is 32.2. The molecule has 0 aromatic heterocycles. The molecule has 0 aromatic carbocycles. The van der Waals surface area contributed by atoms with Gasteiger partial charge in [-0.05, 0) is 18.6 Å². The number of nitrogens with zero attached hydrogens (tertiary/aromatic N) is 1. The van der Waals surface area contributed by atoms with E-state index in [4.69, 9.17) is 0 Å². The highest BCUT2D eigenvalue weighted by Crippen LogP contribution is 2.39. The second-order valence-electron chi connectivity index (χ2n) is 4.80. The molecule has 1 saturated heterocycles. The van der Waals surface area contributed by atoms with E-state index in [1.165, 1.54) is 4.90 Å². The Bertz CT molecular complexity index is 291. The van der Waals surface area contributed by atoms with Crippen LogP contribution in [0.3, 0.4) is 0 Å². The number of hydrogen-bond acceptors (Lipinski definition) is 3. The molecule has 92 valence electrons. The third kappa shape index (κ3) is 2.42. The normalized spacial score (nSPS) is 25.9. The smallest absolute Gasteiger partial charge is 0.235 e. The van der Waals surface area contributed by atoms with Crippen molar-refractivity contribution in [1.82, 2.24) is 4.90 Å². The highest BCUT2D eigenvalue weighted by molar-refractivity contribution is 7.99. The Morgan fingerprint density at radius 1 is 1.44 bits per heavy atom. The molecule has 0 unspecified atom stereocenters. The van der Waals surface area contributed by atoms with E-state index < -0.39 is 5.41 Å². The Morgan fingerprint density at radius 3 is 2.50 bits per heavy atom. The molecular formula is C12H21NO2S. The fraction of sp³-hybridized carbons (Fsp3) is 0.833. The standard InChI is InChI=1S/C12H21NO2S/c1-5-16-7-6-13-10(14)8-12(4,9(2)3)11(13)15/h9H,5-8H2,1-4H3/t12-/m0/s1. The van der Waals surface area contributed by atoms with Gasteiger partial charge < -0.3 is 0 Å². The molecule has 0 aliphatic carbocycles. The van der Waals surface area contributed by atoms with Crippen LogP contribution in [-0.2, 0) is 9.59 Å². The van der Waals surface area contributed by atoms with Crippen molar-refractivity contribution in [2.45, 2.75) is 34.1 Å². The predicted molar refractivity (Wildman–Crippen MR) is 67.3 cm³/mol. The van der Waals surface area contributed by atoms with Crippen LogP contribution in [0.4, 0.5) is 0 Å². The minimum atomic E-state index is -0.478. The summed E-state index contributed by atoms with van der Waals surface area (Å²) < 4.78 is 0. The van der Waals surface area contributed by atoms with Gasteiger partial charge in [-0.3, -0.25) is 14.5 Å². The molecule has 1 atom stereocenters. The van der Waals surface area contributed by atoms with Crippen molar-refractivity contribution in [2.75, 3.05) is 18.1 Å². The Kier molecular flexibility index (Phi) is 4.42. The summed E-state index contributed by atoms with van der Waals surface area (Å²) in [4.78, 5) is 25.4. The fourth-order valence-electron chi connectivity index (χ4n) is 1.88. The van der Waals surface area contributed by atoms with Gasteiger partial charge in [0.05, 0.1) is 5.41 Å². The molecule has 1 aliphatic rings. The zero-order chi connectivity index (χ0) is 12.3. The topological polar surface area (TPSA) is 37.4 Å². The van der Waals surface area contributed by atoms with Gasteiger partial charge in [0.15, 0.2) is 0 Å². The van der Waals surface area contributed by atoms with Crippen LogP contribution in [-0.4, -0.2) is 34.8 Å². The predicted octanol–water partition coefficient (Wildman–Crippen LogP) is 2.16. The molecule has 1 aliphatic heterocycles. The summed E-state index contributed by atoms with van der Waals surface area (Å²) >= 11 is 1.76. The molecule has 1 rings (SSSR count). The van der Waals surface area contributed by atoms with Crippen LogP contribution in [0, 0.1) is 11.3 Å². The number of carbonyl (C=O) groups is 2. The largest absolute Gasteiger partial charge is 0.281 e. The number of rotatable bonds is 5. The van der Waals surface area contributed by atoms with Gasteiger partial charge in [-0.1, -0.05) is 20.8 Å². The minimum absolute atomic E-state index is 0.00194. The molecule has 0 saturated carbocycles. The Morgan fingerprint density at radius 2 is 2.06 bits per heavy atom. The number of thioether (sulfide) groups is 1. The molecule has 1 heterocycles. The van der Waals surface area contributed by atoms with Gasteiger partial charge >= 0.3 is 0 Å². The average molecular weight is 243 g/mol. The third-order valence-corrected chi connectivity index (χ3v) is 4.37. The summed E-state index contributed by atoms with van der Waals surface area (Å²) in [6.45, 7) is 8.57. The van der Waals surface area contributed by atoms with E-state index in [1.807, 2.05) is 20.8 Å². The van der Waals surface area contributed by atoms with Crippen molar-refractivity contribution in [3.8, 4) is 0 Å². The zero-order valence-corrected chi connectivity index (χ0v) is 11.4. The van der Waals surface area contributed by atoms with Crippen molar-refractivity contribution in [1.29, 1.82) is 0 Å². The second-order valence-corrected chi connectivity index (χ2v) is 6.19. The second kappa shape index (κ2) is 5.21.